The number of carbonyl (C=O) groups is 1. The van der Waals surface area contributed by atoms with Gasteiger partial charge in [0.05, 0.1) is 55.4 Å². The van der Waals surface area contributed by atoms with Gasteiger partial charge in [-0.2, -0.15) is 5.26 Å². The van der Waals surface area contributed by atoms with Crippen LogP contribution in [0.4, 0.5) is 0 Å². The monoisotopic (exact) mass is 625 g/mol. The van der Waals surface area contributed by atoms with E-state index < -0.39 is 12.0 Å². The molecule has 1 aromatic heterocycles. The summed E-state index contributed by atoms with van der Waals surface area (Å²) in [5, 5.41) is 9.38. The van der Waals surface area contributed by atoms with Crippen LogP contribution < -0.4 is 33.8 Å². The first-order valence-electron chi connectivity index (χ1n) is 14.0. The maximum Gasteiger partial charge on any atom is 0.338 e. The summed E-state index contributed by atoms with van der Waals surface area (Å²) in [6.07, 6.45) is 1.74. The number of ether oxygens (including phenoxy) is 5. The number of nitrogens with zero attached hydrogens (tertiary/aromatic N) is 3. The summed E-state index contributed by atoms with van der Waals surface area (Å²) in [6.45, 7) is 3.80. The topological polar surface area (TPSA) is 121 Å². The maximum atomic E-state index is 14.1. The molecule has 1 atom stereocenters. The molecule has 0 amide bonds. The molecule has 2 heterocycles. The minimum atomic E-state index is -0.867. The number of aromatic nitrogens is 1. The van der Waals surface area contributed by atoms with E-state index in [0.717, 1.165) is 5.56 Å². The molecule has 0 aliphatic carbocycles. The van der Waals surface area contributed by atoms with Crippen LogP contribution in [0, 0.1) is 11.3 Å². The summed E-state index contributed by atoms with van der Waals surface area (Å²) in [5.74, 6) is 1.40. The molecule has 45 heavy (non-hydrogen) atoms. The highest BCUT2D eigenvalue weighted by molar-refractivity contribution is 7.07. The van der Waals surface area contributed by atoms with E-state index in [9.17, 15) is 14.9 Å². The number of carbonyl (C=O) groups excluding carboxylic acids is 1. The number of esters is 1. The molecule has 0 bridgehead atoms. The van der Waals surface area contributed by atoms with Gasteiger partial charge in [0.15, 0.2) is 16.3 Å². The lowest BCUT2D eigenvalue weighted by atomic mass is 9.94. The number of fused-ring (bicyclic) bond motifs is 1. The van der Waals surface area contributed by atoms with Gasteiger partial charge in [0.2, 0.25) is 0 Å². The van der Waals surface area contributed by atoms with Crippen LogP contribution in [0.1, 0.15) is 42.1 Å². The van der Waals surface area contributed by atoms with E-state index in [0.29, 0.717) is 54.7 Å². The third-order valence-corrected chi connectivity index (χ3v) is 8.24. The molecule has 0 saturated carbocycles. The standard InChI is InChI=1S/C34H31N3O7S/c1-6-43-33(39)30-20(2)36-34-37(31(30)25-17-24(40-3)12-14-26(25)41-4)32(38)29(45-34)16-21-11-13-27(28(15-21)42-5)44-19-23-10-8-7-9-22(23)18-35/h7-17,31H,6,19H2,1-5H3/b29-16+/t31-/m0/s1. The van der Waals surface area contributed by atoms with Crippen molar-refractivity contribution in [2.45, 2.75) is 26.5 Å². The Balaban J connectivity index is 1.59. The summed E-state index contributed by atoms with van der Waals surface area (Å²) in [5.41, 5.74) is 2.89. The minimum absolute atomic E-state index is 0.161. The van der Waals surface area contributed by atoms with Crippen molar-refractivity contribution in [3.63, 3.8) is 0 Å². The fraction of sp³-hybridized carbons (Fsp3) is 0.235. The van der Waals surface area contributed by atoms with Crippen LogP contribution in [0.2, 0.25) is 0 Å². The van der Waals surface area contributed by atoms with Crippen LogP contribution in [0.5, 0.6) is 23.0 Å². The lowest BCUT2D eigenvalue weighted by molar-refractivity contribution is -0.139. The smallest absolute Gasteiger partial charge is 0.338 e. The van der Waals surface area contributed by atoms with Gasteiger partial charge in [-0.25, -0.2) is 9.79 Å². The van der Waals surface area contributed by atoms with E-state index in [4.69, 9.17) is 23.7 Å². The zero-order valence-corrected chi connectivity index (χ0v) is 26.3. The Bertz CT molecular complexity index is 2020. The van der Waals surface area contributed by atoms with Crippen LogP contribution in [-0.4, -0.2) is 38.5 Å². The van der Waals surface area contributed by atoms with E-state index in [1.165, 1.54) is 30.1 Å². The molecule has 11 heteroatoms. The quantitative estimate of drug-likeness (QED) is 0.240. The molecule has 0 saturated heterocycles. The van der Waals surface area contributed by atoms with E-state index in [1.54, 1.807) is 69.5 Å². The molecule has 3 aromatic carbocycles. The average Bonchev–Trinajstić information content (AvgIpc) is 3.36. The highest BCUT2D eigenvalue weighted by Gasteiger charge is 2.35. The van der Waals surface area contributed by atoms with Crippen molar-refractivity contribution in [3.05, 3.63) is 114 Å². The Morgan fingerprint density at radius 3 is 2.49 bits per heavy atom. The second-order valence-electron chi connectivity index (χ2n) is 9.88. The first-order valence-corrected chi connectivity index (χ1v) is 14.9. The number of hydrogen-bond donors (Lipinski definition) is 0. The molecule has 10 nitrogen and oxygen atoms in total. The lowest BCUT2D eigenvalue weighted by Crippen LogP contribution is -2.40. The fourth-order valence-electron chi connectivity index (χ4n) is 5.09. The number of thiazole rings is 1. The predicted octanol–water partition coefficient (Wildman–Crippen LogP) is 4.27. The van der Waals surface area contributed by atoms with Gasteiger partial charge in [-0.05, 0) is 61.9 Å². The van der Waals surface area contributed by atoms with E-state index >= 15 is 0 Å². The maximum absolute atomic E-state index is 14.1. The van der Waals surface area contributed by atoms with Crippen LogP contribution in [0.3, 0.4) is 0 Å². The van der Waals surface area contributed by atoms with E-state index in [2.05, 4.69) is 11.1 Å². The molecular formula is C34H31N3O7S. The van der Waals surface area contributed by atoms with Crippen molar-refractivity contribution in [2.24, 2.45) is 4.99 Å². The molecule has 0 N–H and O–H groups in total. The Morgan fingerprint density at radius 1 is 1.02 bits per heavy atom. The predicted molar refractivity (Wildman–Crippen MR) is 168 cm³/mol. The second-order valence-corrected chi connectivity index (χ2v) is 10.9. The van der Waals surface area contributed by atoms with Crippen LogP contribution in [0.15, 0.2) is 81.7 Å². The van der Waals surface area contributed by atoms with Gasteiger partial charge in [0.1, 0.15) is 24.1 Å². The van der Waals surface area contributed by atoms with E-state index in [-0.39, 0.29) is 24.3 Å². The van der Waals surface area contributed by atoms with Gasteiger partial charge < -0.3 is 23.7 Å². The Labute approximate surface area is 263 Å². The lowest BCUT2D eigenvalue weighted by Gasteiger charge is -2.26. The number of hydrogen-bond acceptors (Lipinski definition) is 10. The van der Waals surface area contributed by atoms with Crippen molar-refractivity contribution in [1.82, 2.24) is 4.57 Å². The van der Waals surface area contributed by atoms with Crippen molar-refractivity contribution in [3.8, 4) is 29.1 Å². The normalized spacial score (nSPS) is 14.2. The highest BCUT2D eigenvalue weighted by Crippen LogP contribution is 2.38. The Kier molecular flexibility index (Phi) is 9.35. The van der Waals surface area contributed by atoms with Gasteiger partial charge in [0.25, 0.3) is 5.56 Å². The second kappa shape index (κ2) is 13.5. The summed E-state index contributed by atoms with van der Waals surface area (Å²) in [6, 6.07) is 19.1. The number of allylic oxidation sites excluding steroid dienone is 1. The Morgan fingerprint density at radius 2 is 1.78 bits per heavy atom. The summed E-state index contributed by atoms with van der Waals surface area (Å²) >= 11 is 1.21. The number of benzene rings is 3. The molecule has 0 unspecified atom stereocenters. The molecule has 1 aliphatic heterocycles. The molecule has 4 aromatic rings. The third-order valence-electron chi connectivity index (χ3n) is 7.25. The number of rotatable bonds is 10. The molecule has 0 radical (unpaired) electrons. The first kappa shape index (κ1) is 31.1. The first-order chi connectivity index (χ1) is 21.8. The average molecular weight is 626 g/mol. The summed E-state index contributed by atoms with van der Waals surface area (Å²) < 4.78 is 30.0. The third kappa shape index (κ3) is 6.18. The van der Waals surface area contributed by atoms with Gasteiger partial charge in [-0.3, -0.25) is 9.36 Å². The zero-order valence-electron chi connectivity index (χ0n) is 25.5. The van der Waals surface area contributed by atoms with Crippen molar-refractivity contribution in [2.75, 3.05) is 27.9 Å². The fourth-order valence-corrected chi connectivity index (χ4v) is 6.14. The molecule has 0 spiro atoms. The zero-order chi connectivity index (χ0) is 32.1. The van der Waals surface area contributed by atoms with Gasteiger partial charge >= 0.3 is 5.97 Å². The Hall–Kier alpha value is -5.34. The van der Waals surface area contributed by atoms with Crippen LogP contribution in [0.25, 0.3) is 6.08 Å². The van der Waals surface area contributed by atoms with Crippen molar-refractivity contribution >= 4 is 23.4 Å². The van der Waals surface area contributed by atoms with Gasteiger partial charge in [0, 0.05) is 11.1 Å². The molecule has 230 valence electrons. The molecule has 5 rings (SSSR count). The SMILES string of the molecule is CCOC(=O)C1=C(C)N=c2s/c(=C/c3ccc(OCc4ccccc4C#N)c(OC)c3)c(=O)n2[C@H]1c1cc(OC)ccc1OC. The molecule has 0 fully saturated rings. The van der Waals surface area contributed by atoms with Gasteiger partial charge in [-0.1, -0.05) is 35.6 Å². The van der Waals surface area contributed by atoms with Crippen LogP contribution in [-0.2, 0) is 16.1 Å². The van der Waals surface area contributed by atoms with Crippen molar-refractivity contribution in [1.29, 1.82) is 5.26 Å². The molecule has 1 aliphatic rings. The van der Waals surface area contributed by atoms with Crippen molar-refractivity contribution < 1.29 is 28.5 Å². The summed E-state index contributed by atoms with van der Waals surface area (Å²) in [4.78, 5) is 32.4. The van der Waals surface area contributed by atoms with Gasteiger partial charge in [-0.15, -0.1) is 0 Å². The summed E-state index contributed by atoms with van der Waals surface area (Å²) in [7, 11) is 4.60. The molecular weight excluding hydrogens is 594 g/mol. The van der Waals surface area contributed by atoms with E-state index in [1.807, 2.05) is 18.2 Å². The highest BCUT2D eigenvalue weighted by atomic mass is 32.1. The minimum Gasteiger partial charge on any atom is -0.497 e. The van der Waals surface area contributed by atoms with Crippen LogP contribution >= 0.6 is 11.3 Å². The number of nitriles is 1. The number of methoxy groups -OCH3 is 3. The largest absolute Gasteiger partial charge is 0.497 e.